The summed E-state index contributed by atoms with van der Waals surface area (Å²) in [5.74, 6) is -1.03. The third-order valence-electron chi connectivity index (χ3n) is 3.68. The molecule has 6 nitrogen and oxygen atoms in total. The predicted octanol–water partition coefficient (Wildman–Crippen LogP) is 2.57. The molecule has 0 atom stereocenters. The molecule has 0 fully saturated rings. The van der Waals surface area contributed by atoms with Gasteiger partial charge in [0.05, 0.1) is 21.0 Å². The zero-order valence-electron chi connectivity index (χ0n) is 12.7. The molecule has 1 heterocycles. The van der Waals surface area contributed by atoms with Crippen molar-refractivity contribution in [3.05, 3.63) is 63.6 Å². The molecular formula is C16H12Cl2N2O4S. The Balaban J connectivity index is 1.70. The van der Waals surface area contributed by atoms with E-state index in [2.05, 4.69) is 4.72 Å². The third kappa shape index (κ3) is 3.41. The molecule has 25 heavy (non-hydrogen) atoms. The molecule has 0 radical (unpaired) electrons. The van der Waals surface area contributed by atoms with E-state index in [9.17, 15) is 18.0 Å². The topological polar surface area (TPSA) is 83.6 Å². The number of nitrogens with one attached hydrogen (secondary N) is 1. The maximum atomic E-state index is 12.3. The van der Waals surface area contributed by atoms with Crippen LogP contribution < -0.4 is 4.72 Å². The van der Waals surface area contributed by atoms with E-state index in [1.54, 1.807) is 12.1 Å². The number of sulfonamides is 1. The normalized spacial score (nSPS) is 14.1. The average molecular weight is 399 g/mol. The lowest BCUT2D eigenvalue weighted by Crippen LogP contribution is -2.38. The first kappa shape index (κ1) is 17.9. The molecular weight excluding hydrogens is 387 g/mol. The Kier molecular flexibility index (Phi) is 4.83. The van der Waals surface area contributed by atoms with Crippen LogP contribution in [0.4, 0.5) is 0 Å². The molecule has 0 bridgehead atoms. The van der Waals surface area contributed by atoms with Gasteiger partial charge in [-0.2, -0.15) is 0 Å². The number of nitrogens with zero attached hydrogens (tertiary/aromatic N) is 1. The summed E-state index contributed by atoms with van der Waals surface area (Å²) in [5.41, 5.74) is 0.363. The van der Waals surface area contributed by atoms with Crippen molar-refractivity contribution >= 4 is 45.0 Å². The van der Waals surface area contributed by atoms with Crippen LogP contribution in [0, 0.1) is 0 Å². The van der Waals surface area contributed by atoms with Gasteiger partial charge in [-0.3, -0.25) is 14.5 Å². The predicted molar refractivity (Wildman–Crippen MR) is 93.5 cm³/mol. The molecule has 0 spiro atoms. The zero-order valence-corrected chi connectivity index (χ0v) is 15.0. The second-order valence-corrected chi connectivity index (χ2v) is 7.89. The lowest BCUT2D eigenvalue weighted by atomic mass is 10.1. The number of carbonyl (C=O) groups is 2. The van der Waals surface area contributed by atoms with Gasteiger partial charge in [-0.25, -0.2) is 13.1 Å². The third-order valence-corrected chi connectivity index (χ3v) is 5.69. The quantitative estimate of drug-likeness (QED) is 0.784. The van der Waals surface area contributed by atoms with Crippen molar-refractivity contribution in [1.82, 2.24) is 9.62 Å². The largest absolute Gasteiger partial charge is 0.273 e. The van der Waals surface area contributed by atoms with Crippen molar-refractivity contribution in [3.8, 4) is 0 Å². The van der Waals surface area contributed by atoms with Gasteiger partial charge in [0.25, 0.3) is 11.8 Å². The molecule has 1 N–H and O–H groups in total. The van der Waals surface area contributed by atoms with Crippen molar-refractivity contribution in [2.45, 2.75) is 4.90 Å². The fraction of sp³-hybridized carbons (Fsp3) is 0.125. The monoisotopic (exact) mass is 398 g/mol. The van der Waals surface area contributed by atoms with Crippen LogP contribution in [0.2, 0.25) is 10.0 Å². The van der Waals surface area contributed by atoms with Crippen molar-refractivity contribution in [2.24, 2.45) is 0 Å². The van der Waals surface area contributed by atoms with Crippen LogP contribution in [-0.4, -0.2) is 38.2 Å². The summed E-state index contributed by atoms with van der Waals surface area (Å²) in [7, 11) is -3.79. The fourth-order valence-electron chi connectivity index (χ4n) is 2.50. The summed E-state index contributed by atoms with van der Waals surface area (Å²) in [4.78, 5) is 25.6. The highest BCUT2D eigenvalue weighted by Crippen LogP contribution is 2.28. The van der Waals surface area contributed by atoms with Gasteiger partial charge in [-0.1, -0.05) is 35.3 Å². The second kappa shape index (κ2) is 6.76. The van der Waals surface area contributed by atoms with Crippen LogP contribution in [-0.2, 0) is 10.0 Å². The first-order chi connectivity index (χ1) is 11.8. The molecule has 2 aromatic rings. The van der Waals surface area contributed by atoms with E-state index in [0.29, 0.717) is 0 Å². The minimum atomic E-state index is -3.79. The summed E-state index contributed by atoms with van der Waals surface area (Å²) >= 11 is 11.8. The molecule has 0 aliphatic carbocycles. The fourth-order valence-corrected chi connectivity index (χ4v) is 4.08. The van der Waals surface area contributed by atoms with Crippen molar-refractivity contribution in [1.29, 1.82) is 0 Å². The number of carbonyl (C=O) groups excluding carboxylic acids is 2. The maximum Gasteiger partial charge on any atom is 0.263 e. The molecule has 0 saturated heterocycles. The van der Waals surface area contributed by atoms with Crippen LogP contribution >= 0.6 is 23.2 Å². The number of imide groups is 1. The number of hydrogen-bond donors (Lipinski definition) is 1. The minimum Gasteiger partial charge on any atom is -0.273 e. The van der Waals surface area contributed by atoms with Crippen molar-refractivity contribution in [2.75, 3.05) is 13.1 Å². The Labute approximate surface area is 154 Å². The summed E-state index contributed by atoms with van der Waals surface area (Å²) in [5, 5.41) is 0.482. The summed E-state index contributed by atoms with van der Waals surface area (Å²) in [6.07, 6.45) is 0. The maximum absolute atomic E-state index is 12.3. The van der Waals surface area contributed by atoms with E-state index in [0.717, 1.165) is 4.90 Å². The average Bonchev–Trinajstić information content (AvgIpc) is 2.81. The number of hydrogen-bond acceptors (Lipinski definition) is 4. The van der Waals surface area contributed by atoms with E-state index in [1.165, 1.54) is 30.3 Å². The van der Waals surface area contributed by atoms with Crippen LogP contribution in [0.3, 0.4) is 0 Å². The number of halogens is 2. The first-order valence-electron chi connectivity index (χ1n) is 7.21. The van der Waals surface area contributed by atoms with Gasteiger partial charge in [0, 0.05) is 18.1 Å². The molecule has 2 aromatic carbocycles. The summed E-state index contributed by atoms with van der Waals surface area (Å²) in [6, 6.07) is 10.4. The summed E-state index contributed by atoms with van der Waals surface area (Å²) in [6.45, 7) is -0.236. The van der Waals surface area contributed by atoms with E-state index < -0.39 is 21.8 Å². The Morgan fingerprint density at radius 2 is 1.72 bits per heavy atom. The highest BCUT2D eigenvalue weighted by atomic mass is 35.5. The standard InChI is InChI=1S/C16H12Cl2N2O4S/c17-10-3-1-4-11(9-10)25(23,24)19-7-8-20-15(21)12-5-2-6-13(18)14(12)16(20)22/h1-6,9,19H,7-8H2. The Bertz CT molecular complexity index is 976. The highest BCUT2D eigenvalue weighted by molar-refractivity contribution is 7.89. The van der Waals surface area contributed by atoms with E-state index in [-0.39, 0.29) is 39.2 Å². The van der Waals surface area contributed by atoms with Gasteiger partial charge < -0.3 is 0 Å². The smallest absolute Gasteiger partial charge is 0.263 e. The Hall–Kier alpha value is -1.93. The zero-order chi connectivity index (χ0) is 18.2. The van der Waals surface area contributed by atoms with Gasteiger partial charge in [-0.05, 0) is 30.3 Å². The van der Waals surface area contributed by atoms with Gasteiger partial charge in [0.2, 0.25) is 10.0 Å². The minimum absolute atomic E-state index is 0.00501. The van der Waals surface area contributed by atoms with E-state index >= 15 is 0 Å². The number of amides is 2. The molecule has 130 valence electrons. The first-order valence-corrected chi connectivity index (χ1v) is 9.45. The Morgan fingerprint density at radius 1 is 1.00 bits per heavy atom. The van der Waals surface area contributed by atoms with Crippen LogP contribution in [0.25, 0.3) is 0 Å². The van der Waals surface area contributed by atoms with Gasteiger partial charge >= 0.3 is 0 Å². The molecule has 9 heteroatoms. The van der Waals surface area contributed by atoms with Gasteiger partial charge in [0.1, 0.15) is 0 Å². The van der Waals surface area contributed by atoms with Crippen LogP contribution in [0.1, 0.15) is 20.7 Å². The molecule has 0 saturated carbocycles. The van der Waals surface area contributed by atoms with Crippen molar-refractivity contribution < 1.29 is 18.0 Å². The molecule has 0 aromatic heterocycles. The van der Waals surface area contributed by atoms with E-state index in [1.807, 2.05) is 0 Å². The van der Waals surface area contributed by atoms with E-state index in [4.69, 9.17) is 23.2 Å². The Morgan fingerprint density at radius 3 is 2.40 bits per heavy atom. The molecule has 0 unspecified atom stereocenters. The van der Waals surface area contributed by atoms with Gasteiger partial charge in [0.15, 0.2) is 0 Å². The second-order valence-electron chi connectivity index (χ2n) is 5.28. The van der Waals surface area contributed by atoms with Crippen molar-refractivity contribution in [3.63, 3.8) is 0 Å². The summed E-state index contributed by atoms with van der Waals surface area (Å²) < 4.78 is 26.8. The SMILES string of the molecule is O=C1c2cccc(Cl)c2C(=O)N1CCNS(=O)(=O)c1cccc(Cl)c1. The lowest BCUT2D eigenvalue weighted by Gasteiger charge is -2.14. The van der Waals surface area contributed by atoms with Gasteiger partial charge in [-0.15, -0.1) is 0 Å². The number of rotatable bonds is 5. The molecule has 3 rings (SSSR count). The number of fused-ring (bicyclic) bond motifs is 1. The lowest BCUT2D eigenvalue weighted by molar-refractivity contribution is 0.0657. The van der Waals surface area contributed by atoms with Crippen LogP contribution in [0.15, 0.2) is 47.4 Å². The molecule has 1 aliphatic rings. The number of benzene rings is 2. The molecule has 2 amide bonds. The highest BCUT2D eigenvalue weighted by Gasteiger charge is 2.36. The van der Waals surface area contributed by atoms with Crippen LogP contribution in [0.5, 0.6) is 0 Å². The molecule has 1 aliphatic heterocycles.